The summed E-state index contributed by atoms with van der Waals surface area (Å²) in [4.78, 5) is 19.1. The maximum Gasteiger partial charge on any atom is 0.229 e. The van der Waals surface area contributed by atoms with E-state index >= 15 is 0 Å². The minimum absolute atomic E-state index is 0.168. The third-order valence-corrected chi connectivity index (χ3v) is 5.09. The third-order valence-electron chi connectivity index (χ3n) is 5.09. The van der Waals surface area contributed by atoms with Gasteiger partial charge in [-0.3, -0.25) is 4.79 Å². The lowest BCUT2D eigenvalue weighted by atomic mass is 9.97. The van der Waals surface area contributed by atoms with Crippen molar-refractivity contribution in [2.75, 3.05) is 26.3 Å². The minimum atomic E-state index is -0.197. The number of fused-ring (bicyclic) bond motifs is 1. The van der Waals surface area contributed by atoms with E-state index in [2.05, 4.69) is 9.55 Å². The molecule has 0 radical (unpaired) electrons. The Morgan fingerprint density at radius 1 is 1.28 bits per heavy atom. The SMILES string of the molecule is C[C@@H](C(=O)N1CCC[C@H](n2ccnc2)C1)c1ccc2c(c1)OCCO2. The van der Waals surface area contributed by atoms with E-state index in [1.165, 1.54) is 0 Å². The molecule has 25 heavy (non-hydrogen) atoms. The molecule has 1 fully saturated rings. The van der Waals surface area contributed by atoms with Crippen molar-refractivity contribution in [1.82, 2.24) is 14.5 Å². The van der Waals surface area contributed by atoms with Crippen LogP contribution >= 0.6 is 0 Å². The molecule has 1 aromatic carbocycles. The summed E-state index contributed by atoms with van der Waals surface area (Å²) in [5.41, 5.74) is 0.971. The van der Waals surface area contributed by atoms with Gasteiger partial charge in [-0.2, -0.15) is 0 Å². The summed E-state index contributed by atoms with van der Waals surface area (Å²) in [7, 11) is 0. The molecule has 2 aliphatic rings. The summed E-state index contributed by atoms with van der Waals surface area (Å²) >= 11 is 0. The summed E-state index contributed by atoms with van der Waals surface area (Å²) in [6.07, 6.45) is 7.70. The van der Waals surface area contributed by atoms with Gasteiger partial charge in [0, 0.05) is 25.5 Å². The van der Waals surface area contributed by atoms with Gasteiger partial charge in [-0.05, 0) is 37.5 Å². The normalized spacial score (nSPS) is 21.0. The maximum atomic E-state index is 13.0. The lowest BCUT2D eigenvalue weighted by Gasteiger charge is -2.35. The molecule has 0 saturated carbocycles. The standard InChI is InChI=1S/C19H23N3O3/c1-14(15-4-5-17-18(11-15)25-10-9-24-17)19(23)21-7-2-3-16(12-21)22-8-6-20-13-22/h4-6,8,11,13-14,16H,2-3,7,9-10,12H2,1H3/t14-,16+/m1/s1. The van der Waals surface area contributed by atoms with Crippen LogP contribution in [-0.4, -0.2) is 46.7 Å². The summed E-state index contributed by atoms with van der Waals surface area (Å²) < 4.78 is 13.3. The van der Waals surface area contributed by atoms with Gasteiger partial charge in [0.2, 0.25) is 5.91 Å². The fraction of sp³-hybridized carbons (Fsp3) is 0.474. The van der Waals surface area contributed by atoms with Gasteiger partial charge in [0.1, 0.15) is 13.2 Å². The van der Waals surface area contributed by atoms with Gasteiger partial charge in [0.05, 0.1) is 18.3 Å². The number of ether oxygens (including phenoxy) is 2. The molecular weight excluding hydrogens is 318 g/mol. The molecule has 6 nitrogen and oxygen atoms in total. The summed E-state index contributed by atoms with van der Waals surface area (Å²) in [6, 6.07) is 6.12. The van der Waals surface area contributed by atoms with Crippen LogP contribution in [0.25, 0.3) is 0 Å². The molecule has 1 amide bonds. The zero-order valence-electron chi connectivity index (χ0n) is 14.4. The van der Waals surface area contributed by atoms with E-state index in [4.69, 9.17) is 9.47 Å². The summed E-state index contributed by atoms with van der Waals surface area (Å²) in [6.45, 7) is 4.65. The van der Waals surface area contributed by atoms with Crippen molar-refractivity contribution in [3.8, 4) is 11.5 Å². The predicted molar refractivity (Wildman–Crippen MR) is 92.9 cm³/mol. The Hall–Kier alpha value is -2.50. The van der Waals surface area contributed by atoms with Crippen molar-refractivity contribution in [2.45, 2.75) is 31.7 Å². The highest BCUT2D eigenvalue weighted by Gasteiger charge is 2.28. The number of piperidine rings is 1. The second-order valence-corrected chi connectivity index (χ2v) is 6.71. The number of benzene rings is 1. The van der Waals surface area contributed by atoms with Gasteiger partial charge in [-0.15, -0.1) is 0 Å². The first kappa shape index (κ1) is 16.0. The number of hydrogen-bond donors (Lipinski definition) is 0. The van der Waals surface area contributed by atoms with Gasteiger partial charge in [0.25, 0.3) is 0 Å². The van der Waals surface area contributed by atoms with Crippen LogP contribution in [0.1, 0.15) is 37.3 Å². The van der Waals surface area contributed by atoms with Crippen LogP contribution in [0.5, 0.6) is 11.5 Å². The lowest BCUT2D eigenvalue weighted by Crippen LogP contribution is -2.42. The summed E-state index contributed by atoms with van der Waals surface area (Å²) in [5.74, 6) is 1.46. The predicted octanol–water partition coefficient (Wildman–Crippen LogP) is 2.62. The number of imidazole rings is 1. The third kappa shape index (κ3) is 3.21. The van der Waals surface area contributed by atoms with Gasteiger partial charge < -0.3 is 18.9 Å². The molecular formula is C19H23N3O3. The number of rotatable bonds is 3. The Morgan fingerprint density at radius 3 is 2.92 bits per heavy atom. The number of likely N-dealkylation sites (tertiary alicyclic amines) is 1. The van der Waals surface area contributed by atoms with E-state index < -0.39 is 0 Å². The highest BCUT2D eigenvalue weighted by atomic mass is 16.6. The first-order chi connectivity index (χ1) is 12.2. The van der Waals surface area contributed by atoms with Crippen LogP contribution in [0, 0.1) is 0 Å². The van der Waals surface area contributed by atoms with Gasteiger partial charge in [-0.25, -0.2) is 4.98 Å². The van der Waals surface area contributed by atoms with E-state index in [0.717, 1.165) is 43.0 Å². The Morgan fingerprint density at radius 2 is 2.12 bits per heavy atom. The molecule has 0 spiro atoms. The maximum absolute atomic E-state index is 13.0. The van der Waals surface area contributed by atoms with Crippen LogP contribution in [0.4, 0.5) is 0 Å². The van der Waals surface area contributed by atoms with Gasteiger partial charge >= 0.3 is 0 Å². The minimum Gasteiger partial charge on any atom is -0.486 e. The van der Waals surface area contributed by atoms with Gasteiger partial charge in [-0.1, -0.05) is 6.07 Å². The number of amides is 1. The van der Waals surface area contributed by atoms with E-state index in [1.807, 2.05) is 42.5 Å². The van der Waals surface area contributed by atoms with E-state index in [9.17, 15) is 4.79 Å². The highest BCUT2D eigenvalue weighted by molar-refractivity contribution is 5.83. The molecule has 0 aliphatic carbocycles. The molecule has 2 aromatic rings. The van der Waals surface area contributed by atoms with E-state index in [-0.39, 0.29) is 11.8 Å². The zero-order valence-corrected chi connectivity index (χ0v) is 14.4. The number of hydrogen-bond acceptors (Lipinski definition) is 4. The van der Waals surface area contributed by atoms with Crippen molar-refractivity contribution in [2.24, 2.45) is 0 Å². The van der Waals surface area contributed by atoms with Crippen molar-refractivity contribution in [3.05, 3.63) is 42.5 Å². The molecule has 2 atom stereocenters. The van der Waals surface area contributed by atoms with Crippen LogP contribution in [-0.2, 0) is 4.79 Å². The molecule has 4 rings (SSSR count). The Balaban J connectivity index is 1.48. The monoisotopic (exact) mass is 341 g/mol. The van der Waals surface area contributed by atoms with Crippen LogP contribution in [0.15, 0.2) is 36.9 Å². The van der Waals surface area contributed by atoms with Crippen LogP contribution in [0.3, 0.4) is 0 Å². The molecule has 0 bridgehead atoms. The Kier molecular flexibility index (Phi) is 4.34. The number of aromatic nitrogens is 2. The molecule has 2 aliphatic heterocycles. The van der Waals surface area contributed by atoms with Crippen molar-refractivity contribution in [3.63, 3.8) is 0 Å². The molecule has 1 saturated heterocycles. The first-order valence-electron chi connectivity index (χ1n) is 8.88. The average molecular weight is 341 g/mol. The zero-order chi connectivity index (χ0) is 17.2. The molecule has 0 N–H and O–H groups in total. The fourth-order valence-electron chi connectivity index (χ4n) is 3.63. The molecule has 0 unspecified atom stereocenters. The second kappa shape index (κ2) is 6.78. The van der Waals surface area contributed by atoms with E-state index in [0.29, 0.717) is 19.3 Å². The molecule has 3 heterocycles. The smallest absolute Gasteiger partial charge is 0.229 e. The lowest BCUT2D eigenvalue weighted by molar-refractivity contribution is -0.134. The highest BCUT2D eigenvalue weighted by Crippen LogP contribution is 2.34. The Labute approximate surface area is 147 Å². The fourth-order valence-corrected chi connectivity index (χ4v) is 3.63. The number of carbonyl (C=O) groups excluding carboxylic acids is 1. The summed E-state index contributed by atoms with van der Waals surface area (Å²) in [5, 5.41) is 0. The van der Waals surface area contributed by atoms with Gasteiger partial charge in [0.15, 0.2) is 11.5 Å². The van der Waals surface area contributed by atoms with Crippen molar-refractivity contribution >= 4 is 5.91 Å². The molecule has 6 heteroatoms. The molecule has 132 valence electrons. The first-order valence-corrected chi connectivity index (χ1v) is 8.88. The van der Waals surface area contributed by atoms with Crippen LogP contribution < -0.4 is 9.47 Å². The average Bonchev–Trinajstić information content (AvgIpc) is 3.21. The van der Waals surface area contributed by atoms with Crippen molar-refractivity contribution in [1.29, 1.82) is 0 Å². The quantitative estimate of drug-likeness (QED) is 0.861. The largest absolute Gasteiger partial charge is 0.486 e. The van der Waals surface area contributed by atoms with Crippen LogP contribution in [0.2, 0.25) is 0 Å². The Bertz CT molecular complexity index is 744. The van der Waals surface area contributed by atoms with E-state index in [1.54, 1.807) is 6.20 Å². The number of carbonyl (C=O) groups is 1. The van der Waals surface area contributed by atoms with Crippen molar-refractivity contribution < 1.29 is 14.3 Å². The molecule has 1 aromatic heterocycles. The second-order valence-electron chi connectivity index (χ2n) is 6.71. The topological polar surface area (TPSA) is 56.6 Å². The number of nitrogens with zero attached hydrogens (tertiary/aromatic N) is 3.